The normalized spacial score (nSPS) is 22.9. The van der Waals surface area contributed by atoms with E-state index in [0.717, 1.165) is 31.5 Å². The number of likely N-dealkylation sites (tertiary alicyclic amines) is 1. The van der Waals surface area contributed by atoms with Gasteiger partial charge in [-0.1, -0.05) is 35.3 Å². The summed E-state index contributed by atoms with van der Waals surface area (Å²) in [5, 5.41) is 22.4. The topological polar surface area (TPSA) is 65.0 Å². The van der Waals surface area contributed by atoms with Crippen molar-refractivity contribution in [1.29, 1.82) is 0 Å². The van der Waals surface area contributed by atoms with Crippen LogP contribution in [0.15, 0.2) is 24.4 Å². The summed E-state index contributed by atoms with van der Waals surface area (Å²) in [6, 6.07) is 5.69. The lowest BCUT2D eigenvalue weighted by atomic mass is 9.90. The van der Waals surface area contributed by atoms with Crippen LogP contribution in [-0.4, -0.2) is 45.1 Å². The van der Waals surface area contributed by atoms with E-state index in [4.69, 9.17) is 23.2 Å². The number of rotatable bonds is 4. The summed E-state index contributed by atoms with van der Waals surface area (Å²) in [6.07, 6.45) is 4.02. The van der Waals surface area contributed by atoms with E-state index in [9.17, 15) is 5.11 Å². The zero-order valence-electron chi connectivity index (χ0n) is 12.1. The van der Waals surface area contributed by atoms with Crippen LogP contribution in [0.5, 0.6) is 0 Å². The molecule has 1 aromatic carbocycles. The molecule has 1 aliphatic heterocycles. The molecule has 0 saturated carbocycles. The molecule has 5 nitrogen and oxygen atoms in total. The molecule has 1 atom stereocenters. The summed E-state index contributed by atoms with van der Waals surface area (Å²) in [7, 11) is 0. The predicted molar refractivity (Wildman–Crippen MR) is 86.1 cm³/mol. The molecule has 1 aromatic heterocycles. The van der Waals surface area contributed by atoms with Gasteiger partial charge in [0, 0.05) is 13.1 Å². The highest BCUT2D eigenvalue weighted by Crippen LogP contribution is 2.30. The molecule has 0 amide bonds. The molecule has 0 radical (unpaired) electrons. The van der Waals surface area contributed by atoms with Crippen molar-refractivity contribution < 1.29 is 5.11 Å². The Kier molecular flexibility index (Phi) is 4.68. The summed E-state index contributed by atoms with van der Waals surface area (Å²) in [5.74, 6) is 0. The first-order valence-electron chi connectivity index (χ1n) is 7.32. The van der Waals surface area contributed by atoms with Crippen LogP contribution in [0.4, 0.5) is 0 Å². The van der Waals surface area contributed by atoms with Gasteiger partial charge in [-0.2, -0.15) is 15.4 Å². The first-order valence-corrected chi connectivity index (χ1v) is 8.08. The predicted octanol–water partition coefficient (Wildman–Crippen LogP) is 2.64. The average molecular weight is 341 g/mol. The Labute approximate surface area is 139 Å². The molecule has 0 unspecified atom stereocenters. The Morgan fingerprint density at radius 2 is 2.23 bits per heavy atom. The first-order chi connectivity index (χ1) is 10.6. The lowest BCUT2D eigenvalue weighted by molar-refractivity contribution is -0.0385. The van der Waals surface area contributed by atoms with E-state index in [-0.39, 0.29) is 0 Å². The monoisotopic (exact) mass is 340 g/mol. The molecule has 1 saturated heterocycles. The third-order valence-electron chi connectivity index (χ3n) is 4.17. The van der Waals surface area contributed by atoms with E-state index in [2.05, 4.69) is 20.3 Å². The smallest absolute Gasteiger partial charge is 0.123 e. The number of hydrogen-bond donors (Lipinski definition) is 2. The van der Waals surface area contributed by atoms with Crippen LogP contribution in [0.3, 0.4) is 0 Å². The number of β-amino-alcohol motifs (C(OH)–C–C–N with tert-alkyl or cyclic N) is 1. The van der Waals surface area contributed by atoms with Crippen molar-refractivity contribution in [2.45, 2.75) is 24.9 Å². The maximum absolute atomic E-state index is 10.8. The van der Waals surface area contributed by atoms with Gasteiger partial charge in [0.2, 0.25) is 0 Å². The zero-order valence-corrected chi connectivity index (χ0v) is 13.6. The van der Waals surface area contributed by atoms with Crippen molar-refractivity contribution in [2.24, 2.45) is 0 Å². The molecule has 2 N–H and O–H groups in total. The van der Waals surface area contributed by atoms with Gasteiger partial charge in [0.15, 0.2) is 0 Å². The fourth-order valence-electron chi connectivity index (χ4n) is 2.97. The van der Waals surface area contributed by atoms with Crippen LogP contribution in [0.25, 0.3) is 0 Å². The molecule has 3 rings (SSSR count). The van der Waals surface area contributed by atoms with Gasteiger partial charge in [0.05, 0.1) is 16.2 Å². The number of aromatic nitrogens is 3. The summed E-state index contributed by atoms with van der Waals surface area (Å²) >= 11 is 12.3. The number of halogens is 2. The number of nitrogens with zero attached hydrogens (tertiary/aromatic N) is 3. The van der Waals surface area contributed by atoms with Crippen molar-refractivity contribution in [3.63, 3.8) is 0 Å². The molecule has 2 aromatic rings. The minimum Gasteiger partial charge on any atom is -0.382 e. The SMILES string of the molecule is O[C@@]1(c2cn[nH]n2)CCCN(CCc2cccc(Cl)c2Cl)C1. The van der Waals surface area contributed by atoms with Crippen LogP contribution in [-0.2, 0) is 12.0 Å². The number of H-pyrrole nitrogens is 1. The summed E-state index contributed by atoms with van der Waals surface area (Å²) in [4.78, 5) is 2.23. The van der Waals surface area contributed by atoms with Gasteiger partial charge in [-0.15, -0.1) is 0 Å². The molecule has 1 fully saturated rings. The van der Waals surface area contributed by atoms with Crippen LogP contribution >= 0.6 is 23.2 Å². The van der Waals surface area contributed by atoms with Gasteiger partial charge < -0.3 is 5.11 Å². The van der Waals surface area contributed by atoms with E-state index in [0.29, 0.717) is 28.7 Å². The second-order valence-corrected chi connectivity index (χ2v) is 6.51. The number of piperidine rings is 1. The quantitative estimate of drug-likeness (QED) is 0.897. The first kappa shape index (κ1) is 15.7. The lowest BCUT2D eigenvalue weighted by Crippen LogP contribution is -2.46. The van der Waals surface area contributed by atoms with E-state index < -0.39 is 5.60 Å². The summed E-state index contributed by atoms with van der Waals surface area (Å²) in [6.45, 7) is 2.33. The van der Waals surface area contributed by atoms with Crippen molar-refractivity contribution in [3.8, 4) is 0 Å². The number of benzene rings is 1. The third kappa shape index (κ3) is 3.27. The molecular weight excluding hydrogens is 323 g/mol. The Hall–Kier alpha value is -1.14. The highest BCUT2D eigenvalue weighted by Gasteiger charge is 2.36. The van der Waals surface area contributed by atoms with E-state index in [1.54, 1.807) is 12.3 Å². The Bertz CT molecular complexity index is 634. The minimum atomic E-state index is -0.927. The molecule has 118 valence electrons. The maximum atomic E-state index is 10.8. The second kappa shape index (κ2) is 6.54. The number of nitrogens with one attached hydrogen (secondary N) is 1. The van der Waals surface area contributed by atoms with Crippen LogP contribution in [0.2, 0.25) is 10.0 Å². The maximum Gasteiger partial charge on any atom is 0.123 e. The highest BCUT2D eigenvalue weighted by molar-refractivity contribution is 6.42. The summed E-state index contributed by atoms with van der Waals surface area (Å²) < 4.78 is 0. The molecule has 1 aliphatic rings. The van der Waals surface area contributed by atoms with Crippen LogP contribution in [0.1, 0.15) is 24.1 Å². The Balaban J connectivity index is 1.65. The molecule has 0 aliphatic carbocycles. The van der Waals surface area contributed by atoms with Gasteiger partial charge in [-0.25, -0.2) is 0 Å². The van der Waals surface area contributed by atoms with Gasteiger partial charge in [0.25, 0.3) is 0 Å². The van der Waals surface area contributed by atoms with Gasteiger partial charge in [-0.3, -0.25) is 4.90 Å². The molecule has 7 heteroatoms. The van der Waals surface area contributed by atoms with Crippen molar-refractivity contribution in [2.75, 3.05) is 19.6 Å². The van der Waals surface area contributed by atoms with Crippen LogP contribution in [0, 0.1) is 0 Å². The summed E-state index contributed by atoms with van der Waals surface area (Å²) in [5.41, 5.74) is 0.714. The molecule has 0 bridgehead atoms. The van der Waals surface area contributed by atoms with Gasteiger partial charge in [0.1, 0.15) is 11.3 Å². The fourth-order valence-corrected chi connectivity index (χ4v) is 3.38. The van der Waals surface area contributed by atoms with Crippen LogP contribution < -0.4 is 0 Å². The van der Waals surface area contributed by atoms with E-state index in [1.165, 1.54) is 0 Å². The number of aromatic amines is 1. The highest BCUT2D eigenvalue weighted by atomic mass is 35.5. The van der Waals surface area contributed by atoms with Gasteiger partial charge >= 0.3 is 0 Å². The zero-order chi connectivity index (χ0) is 15.6. The molecular formula is C15H18Cl2N4O. The number of hydrogen-bond acceptors (Lipinski definition) is 4. The molecule has 2 heterocycles. The standard InChI is InChI=1S/C15H18Cl2N4O/c16-12-4-1-3-11(14(12)17)5-8-21-7-2-6-15(22,10-21)13-9-18-20-19-13/h1,3-4,9,22H,2,5-8,10H2,(H,18,19,20)/t15-/m0/s1. The Morgan fingerprint density at radius 3 is 3.00 bits per heavy atom. The second-order valence-electron chi connectivity index (χ2n) is 5.73. The third-order valence-corrected chi connectivity index (χ3v) is 5.03. The van der Waals surface area contributed by atoms with Gasteiger partial charge in [-0.05, 0) is 37.4 Å². The number of aliphatic hydroxyl groups is 1. The molecule has 0 spiro atoms. The van der Waals surface area contributed by atoms with Crippen molar-refractivity contribution >= 4 is 23.2 Å². The van der Waals surface area contributed by atoms with E-state index in [1.807, 2.05) is 12.1 Å². The minimum absolute atomic E-state index is 0.553. The van der Waals surface area contributed by atoms with E-state index >= 15 is 0 Å². The van der Waals surface area contributed by atoms with Crippen molar-refractivity contribution in [1.82, 2.24) is 20.3 Å². The van der Waals surface area contributed by atoms with Crippen molar-refractivity contribution in [3.05, 3.63) is 45.7 Å². The lowest BCUT2D eigenvalue weighted by Gasteiger charge is -2.38. The Morgan fingerprint density at radius 1 is 1.36 bits per heavy atom. The fraction of sp³-hybridized carbons (Fsp3) is 0.467. The molecule has 22 heavy (non-hydrogen) atoms. The average Bonchev–Trinajstić information content (AvgIpc) is 3.04. The largest absolute Gasteiger partial charge is 0.382 e.